The topological polar surface area (TPSA) is 105 Å². The molecular weight excluding hydrogens is 458 g/mol. The highest BCUT2D eigenvalue weighted by Crippen LogP contribution is 2.30. The number of hydrogen-bond acceptors (Lipinski definition) is 5. The Morgan fingerprint density at radius 1 is 0.971 bits per heavy atom. The molecule has 0 aliphatic heterocycles. The van der Waals surface area contributed by atoms with Crippen molar-refractivity contribution in [3.63, 3.8) is 0 Å². The molecule has 1 aliphatic rings. The van der Waals surface area contributed by atoms with Crippen LogP contribution in [0.1, 0.15) is 54.5 Å². The first-order valence-corrected chi connectivity index (χ1v) is 11.6. The van der Waals surface area contributed by atoms with E-state index in [0.29, 0.717) is 16.5 Å². The van der Waals surface area contributed by atoms with Gasteiger partial charge in [-0.2, -0.15) is 0 Å². The zero-order valence-electron chi connectivity index (χ0n) is 18.5. The van der Waals surface area contributed by atoms with Gasteiger partial charge in [-0.3, -0.25) is 19.3 Å². The Morgan fingerprint density at radius 2 is 1.68 bits per heavy atom. The second kappa shape index (κ2) is 11.1. The molecule has 0 bridgehead atoms. The van der Waals surface area contributed by atoms with Gasteiger partial charge in [0.05, 0.1) is 19.1 Å². The predicted octanol–water partition coefficient (Wildman–Crippen LogP) is 4.48. The molecule has 0 unspecified atom stereocenters. The third kappa shape index (κ3) is 5.69. The Balaban J connectivity index is 1.62. The number of hydrogen-bond donors (Lipinski definition) is 2. The summed E-state index contributed by atoms with van der Waals surface area (Å²) in [6.07, 6.45) is 7.87. The maximum absolute atomic E-state index is 13.5. The maximum atomic E-state index is 13.5. The molecule has 1 aliphatic carbocycles. The molecule has 0 spiro atoms. The summed E-state index contributed by atoms with van der Waals surface area (Å²) in [5.41, 5.74) is 0.446. The lowest BCUT2D eigenvalue weighted by molar-refractivity contribution is -0.127. The van der Waals surface area contributed by atoms with Crippen molar-refractivity contribution in [3.05, 3.63) is 77.6 Å². The second-order valence-corrected chi connectivity index (χ2v) is 8.60. The van der Waals surface area contributed by atoms with Crippen LogP contribution in [-0.4, -0.2) is 30.3 Å². The van der Waals surface area contributed by atoms with Crippen LogP contribution in [0.25, 0.3) is 0 Å². The van der Waals surface area contributed by atoms with E-state index >= 15 is 0 Å². The van der Waals surface area contributed by atoms with Gasteiger partial charge in [0.25, 0.3) is 11.8 Å². The second-order valence-electron chi connectivity index (χ2n) is 8.16. The Bertz CT molecular complexity index is 1090. The van der Waals surface area contributed by atoms with Gasteiger partial charge >= 0.3 is 0 Å². The van der Waals surface area contributed by atoms with Crippen molar-refractivity contribution < 1.29 is 23.2 Å². The Labute approximate surface area is 202 Å². The summed E-state index contributed by atoms with van der Waals surface area (Å²) in [5, 5.41) is 6.13. The first kappa shape index (κ1) is 23.6. The van der Waals surface area contributed by atoms with Crippen LogP contribution >= 0.6 is 11.6 Å². The minimum Gasteiger partial charge on any atom is -0.467 e. The molecule has 2 aromatic heterocycles. The van der Waals surface area contributed by atoms with E-state index < -0.39 is 17.9 Å². The fourth-order valence-corrected chi connectivity index (χ4v) is 4.25. The summed E-state index contributed by atoms with van der Waals surface area (Å²) in [4.78, 5) is 40.6. The van der Waals surface area contributed by atoms with E-state index in [2.05, 4.69) is 10.6 Å². The molecule has 4 rings (SSSR count). The first-order valence-electron chi connectivity index (χ1n) is 11.3. The third-order valence-electron chi connectivity index (χ3n) is 5.79. The van der Waals surface area contributed by atoms with Crippen LogP contribution in [-0.2, 0) is 9.59 Å². The summed E-state index contributed by atoms with van der Waals surface area (Å²) >= 11 is 6.06. The molecular formula is C25H26ClN3O5. The Morgan fingerprint density at radius 3 is 2.32 bits per heavy atom. The molecule has 3 aromatic rings. The molecule has 1 aromatic carbocycles. The minimum absolute atomic E-state index is 0.0412. The van der Waals surface area contributed by atoms with Gasteiger partial charge in [0.2, 0.25) is 5.91 Å². The Hall–Kier alpha value is -3.52. The van der Waals surface area contributed by atoms with E-state index in [0.717, 1.165) is 32.1 Å². The summed E-state index contributed by atoms with van der Waals surface area (Å²) < 4.78 is 10.7. The number of furan rings is 2. The minimum atomic E-state index is -1.06. The van der Waals surface area contributed by atoms with Crippen LogP contribution in [0.3, 0.4) is 0 Å². The van der Waals surface area contributed by atoms with Crippen molar-refractivity contribution in [1.29, 1.82) is 0 Å². The monoisotopic (exact) mass is 483 g/mol. The number of carbonyl (C=O) groups is 3. The number of rotatable bonds is 8. The van der Waals surface area contributed by atoms with E-state index in [-0.39, 0.29) is 24.3 Å². The third-order valence-corrected chi connectivity index (χ3v) is 6.04. The Kier molecular flexibility index (Phi) is 7.69. The van der Waals surface area contributed by atoms with E-state index in [1.54, 1.807) is 42.5 Å². The van der Waals surface area contributed by atoms with Crippen molar-refractivity contribution in [3.8, 4) is 0 Å². The van der Waals surface area contributed by atoms with Crippen molar-refractivity contribution in [2.24, 2.45) is 0 Å². The van der Waals surface area contributed by atoms with E-state index in [1.165, 1.54) is 23.5 Å². The largest absolute Gasteiger partial charge is 0.467 e. The van der Waals surface area contributed by atoms with E-state index in [4.69, 9.17) is 20.4 Å². The molecule has 2 heterocycles. The number of amides is 3. The fourth-order valence-electron chi connectivity index (χ4n) is 4.12. The molecule has 178 valence electrons. The number of anilines is 1. The molecule has 9 heteroatoms. The molecule has 0 radical (unpaired) electrons. The van der Waals surface area contributed by atoms with Crippen molar-refractivity contribution in [1.82, 2.24) is 10.6 Å². The zero-order chi connectivity index (χ0) is 23.9. The zero-order valence-corrected chi connectivity index (χ0v) is 19.3. The average Bonchev–Trinajstić information content (AvgIpc) is 3.57. The van der Waals surface area contributed by atoms with E-state index in [1.807, 2.05) is 0 Å². The highest BCUT2D eigenvalue weighted by molar-refractivity contribution is 6.30. The molecule has 0 saturated heterocycles. The summed E-state index contributed by atoms with van der Waals surface area (Å²) in [7, 11) is 0. The van der Waals surface area contributed by atoms with Gasteiger partial charge in [-0.1, -0.05) is 30.9 Å². The predicted molar refractivity (Wildman–Crippen MR) is 126 cm³/mol. The van der Waals surface area contributed by atoms with Crippen LogP contribution < -0.4 is 15.5 Å². The van der Waals surface area contributed by atoms with Crippen LogP contribution in [0.5, 0.6) is 0 Å². The SMILES string of the molecule is O=C(NCC(=O)N(c1ccc(Cl)cc1)[C@@H](C(=O)NC1CCCCC1)c1ccco1)c1ccco1. The average molecular weight is 484 g/mol. The molecule has 2 N–H and O–H groups in total. The lowest BCUT2D eigenvalue weighted by Gasteiger charge is -2.32. The maximum Gasteiger partial charge on any atom is 0.287 e. The number of halogens is 1. The van der Waals surface area contributed by atoms with Gasteiger partial charge in [-0.15, -0.1) is 0 Å². The van der Waals surface area contributed by atoms with E-state index in [9.17, 15) is 14.4 Å². The molecule has 34 heavy (non-hydrogen) atoms. The smallest absolute Gasteiger partial charge is 0.287 e. The van der Waals surface area contributed by atoms with Crippen LogP contribution in [0, 0.1) is 0 Å². The van der Waals surface area contributed by atoms with Crippen molar-refractivity contribution in [2.75, 3.05) is 11.4 Å². The van der Waals surface area contributed by atoms with Gasteiger partial charge in [-0.25, -0.2) is 0 Å². The number of carbonyl (C=O) groups excluding carboxylic acids is 3. The summed E-state index contributed by atoms with van der Waals surface area (Å²) in [6.45, 7) is -0.351. The number of nitrogens with zero attached hydrogens (tertiary/aromatic N) is 1. The first-order chi connectivity index (χ1) is 16.5. The van der Waals surface area contributed by atoms with Gasteiger partial charge in [0.1, 0.15) is 5.76 Å². The van der Waals surface area contributed by atoms with Crippen LogP contribution in [0.4, 0.5) is 5.69 Å². The lowest BCUT2D eigenvalue weighted by Crippen LogP contribution is -2.49. The quantitative estimate of drug-likeness (QED) is 0.491. The lowest BCUT2D eigenvalue weighted by atomic mass is 9.95. The number of nitrogens with one attached hydrogen (secondary N) is 2. The van der Waals surface area contributed by atoms with Crippen molar-refractivity contribution in [2.45, 2.75) is 44.2 Å². The molecule has 1 fully saturated rings. The van der Waals surface area contributed by atoms with Crippen LogP contribution in [0.15, 0.2) is 69.9 Å². The standard InChI is InChI=1S/C25H26ClN3O5/c26-17-10-12-19(13-11-17)29(22(30)16-27-24(31)21-9-5-15-34-21)23(20-8-4-14-33-20)25(32)28-18-6-2-1-3-7-18/h4-5,8-15,18,23H,1-3,6-7,16H2,(H,27,31)(H,28,32)/t23-/m1/s1. The molecule has 1 atom stereocenters. The normalized spacial score (nSPS) is 14.9. The highest BCUT2D eigenvalue weighted by atomic mass is 35.5. The van der Waals surface area contributed by atoms with Gasteiger partial charge < -0.3 is 19.5 Å². The molecule has 1 saturated carbocycles. The number of benzene rings is 1. The summed E-state index contributed by atoms with van der Waals surface area (Å²) in [6, 6.07) is 12.0. The molecule has 3 amide bonds. The van der Waals surface area contributed by atoms with Crippen molar-refractivity contribution >= 4 is 35.0 Å². The molecule has 8 nitrogen and oxygen atoms in total. The van der Waals surface area contributed by atoms with Crippen LogP contribution in [0.2, 0.25) is 5.02 Å². The van der Waals surface area contributed by atoms with Gasteiger partial charge in [-0.05, 0) is 61.4 Å². The van der Waals surface area contributed by atoms with Gasteiger partial charge in [0, 0.05) is 16.8 Å². The fraction of sp³-hybridized carbons (Fsp3) is 0.320. The summed E-state index contributed by atoms with van der Waals surface area (Å²) in [5.74, 6) is -0.974. The van der Waals surface area contributed by atoms with Gasteiger partial charge in [0.15, 0.2) is 11.8 Å². The highest BCUT2D eigenvalue weighted by Gasteiger charge is 2.36.